The third-order valence-electron chi connectivity index (χ3n) is 3.22. The molecule has 1 aromatic carbocycles. The molecule has 0 aliphatic carbocycles. The van der Waals surface area contributed by atoms with Gasteiger partial charge in [-0.1, -0.05) is 26.0 Å². The average molecular weight is 312 g/mol. The number of halogens is 1. The van der Waals surface area contributed by atoms with Crippen molar-refractivity contribution in [2.24, 2.45) is 5.92 Å². The maximum atomic E-state index is 12.9. The van der Waals surface area contributed by atoms with Crippen LogP contribution >= 0.6 is 0 Å². The van der Waals surface area contributed by atoms with Crippen LogP contribution in [-0.2, 0) is 4.74 Å². The summed E-state index contributed by atoms with van der Waals surface area (Å²) in [6.45, 7) is 4.48. The number of carbonyl (C=O) groups is 1. The second-order valence-electron chi connectivity index (χ2n) is 5.65. The summed E-state index contributed by atoms with van der Waals surface area (Å²) in [7, 11) is 1.53. The van der Waals surface area contributed by atoms with Gasteiger partial charge in [-0.25, -0.2) is 9.18 Å². The van der Waals surface area contributed by atoms with E-state index in [1.165, 1.54) is 19.2 Å². The van der Waals surface area contributed by atoms with Gasteiger partial charge in [0, 0.05) is 20.2 Å². The molecular weight excluding hydrogens is 287 g/mol. The molecule has 0 aliphatic rings. The predicted octanol–water partition coefficient (Wildman–Crippen LogP) is 2.22. The summed E-state index contributed by atoms with van der Waals surface area (Å²) in [6.07, 6.45) is -0.274. The van der Waals surface area contributed by atoms with Gasteiger partial charge in [-0.2, -0.15) is 0 Å². The normalized spacial score (nSPS) is 13.7. The van der Waals surface area contributed by atoms with E-state index in [4.69, 9.17) is 4.74 Å². The van der Waals surface area contributed by atoms with E-state index in [9.17, 15) is 14.3 Å². The van der Waals surface area contributed by atoms with Crippen LogP contribution in [0.2, 0.25) is 0 Å². The number of methoxy groups -OCH3 is 1. The molecule has 0 saturated heterocycles. The Kier molecular flexibility index (Phi) is 7.84. The second-order valence-corrected chi connectivity index (χ2v) is 5.65. The number of nitrogens with one attached hydrogen (secondary N) is 2. The van der Waals surface area contributed by atoms with Crippen molar-refractivity contribution >= 4 is 6.03 Å². The van der Waals surface area contributed by atoms with Crippen LogP contribution in [0, 0.1) is 11.7 Å². The van der Waals surface area contributed by atoms with Gasteiger partial charge in [0.2, 0.25) is 0 Å². The third-order valence-corrected chi connectivity index (χ3v) is 3.22. The highest BCUT2D eigenvalue weighted by Crippen LogP contribution is 2.16. The first-order valence-electron chi connectivity index (χ1n) is 7.40. The summed E-state index contributed by atoms with van der Waals surface area (Å²) in [5.41, 5.74) is 0.782. The standard InChI is InChI=1S/C16H25FN2O3/c1-11(2)8-14(20)9-18-16(21)19-10-15(22-3)12-4-6-13(17)7-5-12/h4-7,11,14-15,20H,8-10H2,1-3H3,(H2,18,19,21). The Balaban J connectivity index is 2.36. The van der Waals surface area contributed by atoms with Crippen LogP contribution < -0.4 is 10.6 Å². The van der Waals surface area contributed by atoms with Crippen molar-refractivity contribution in [2.45, 2.75) is 32.5 Å². The van der Waals surface area contributed by atoms with Gasteiger partial charge in [-0.05, 0) is 30.0 Å². The molecule has 1 rings (SSSR count). The monoisotopic (exact) mass is 312 g/mol. The van der Waals surface area contributed by atoms with Crippen LogP contribution in [0.1, 0.15) is 31.9 Å². The molecule has 2 atom stereocenters. The molecule has 2 amide bonds. The quantitative estimate of drug-likeness (QED) is 0.689. The number of rotatable bonds is 8. The van der Waals surface area contributed by atoms with Gasteiger partial charge in [0.15, 0.2) is 0 Å². The first kappa shape index (κ1) is 18.4. The fourth-order valence-corrected chi connectivity index (χ4v) is 2.10. The minimum Gasteiger partial charge on any atom is -0.391 e. The summed E-state index contributed by atoms with van der Waals surface area (Å²) in [4.78, 5) is 11.7. The van der Waals surface area contributed by atoms with Gasteiger partial charge in [0.05, 0.1) is 12.2 Å². The highest BCUT2D eigenvalue weighted by molar-refractivity contribution is 5.73. The Labute approximate surface area is 130 Å². The van der Waals surface area contributed by atoms with Crippen molar-refractivity contribution in [3.63, 3.8) is 0 Å². The van der Waals surface area contributed by atoms with E-state index in [-0.39, 0.29) is 31.0 Å². The van der Waals surface area contributed by atoms with E-state index in [0.29, 0.717) is 12.3 Å². The lowest BCUT2D eigenvalue weighted by molar-refractivity contribution is 0.103. The number of aliphatic hydroxyl groups is 1. The summed E-state index contributed by atoms with van der Waals surface area (Å²) in [5.74, 6) is 0.0552. The molecule has 0 fully saturated rings. The zero-order valence-corrected chi connectivity index (χ0v) is 13.3. The van der Waals surface area contributed by atoms with Gasteiger partial charge in [-0.15, -0.1) is 0 Å². The third kappa shape index (κ3) is 6.87. The van der Waals surface area contributed by atoms with Gasteiger partial charge in [0.25, 0.3) is 0 Å². The van der Waals surface area contributed by atoms with Gasteiger partial charge in [0.1, 0.15) is 5.82 Å². The second kappa shape index (κ2) is 9.38. The lowest BCUT2D eigenvalue weighted by Gasteiger charge is -2.18. The van der Waals surface area contributed by atoms with Crippen molar-refractivity contribution in [2.75, 3.05) is 20.2 Å². The van der Waals surface area contributed by atoms with Crippen LogP contribution in [0.4, 0.5) is 9.18 Å². The fraction of sp³-hybridized carbons (Fsp3) is 0.562. The van der Waals surface area contributed by atoms with Crippen LogP contribution in [0.25, 0.3) is 0 Å². The van der Waals surface area contributed by atoms with Gasteiger partial charge in [-0.3, -0.25) is 0 Å². The Bertz CT molecular complexity index is 451. The minimum absolute atomic E-state index is 0.207. The van der Waals surface area contributed by atoms with E-state index in [1.54, 1.807) is 12.1 Å². The van der Waals surface area contributed by atoms with Gasteiger partial charge < -0.3 is 20.5 Å². The fourth-order valence-electron chi connectivity index (χ4n) is 2.10. The Morgan fingerprint density at radius 1 is 1.23 bits per heavy atom. The molecule has 1 aromatic rings. The molecule has 22 heavy (non-hydrogen) atoms. The van der Waals surface area contributed by atoms with Crippen molar-refractivity contribution in [1.82, 2.24) is 10.6 Å². The molecule has 0 radical (unpaired) electrons. The van der Waals surface area contributed by atoms with Crippen molar-refractivity contribution in [3.8, 4) is 0 Å². The number of amides is 2. The van der Waals surface area contributed by atoms with Gasteiger partial charge >= 0.3 is 6.03 Å². The smallest absolute Gasteiger partial charge is 0.314 e. The van der Waals surface area contributed by atoms with Crippen LogP contribution in [-0.4, -0.2) is 37.4 Å². The summed E-state index contributed by atoms with van der Waals surface area (Å²) in [6, 6.07) is 5.57. The van der Waals surface area contributed by atoms with Crippen LogP contribution in [0.5, 0.6) is 0 Å². The molecule has 0 heterocycles. The Morgan fingerprint density at radius 3 is 2.36 bits per heavy atom. The van der Waals surface area contributed by atoms with E-state index in [1.807, 2.05) is 13.8 Å². The summed E-state index contributed by atoms with van der Waals surface area (Å²) in [5, 5.41) is 15.0. The van der Waals surface area contributed by atoms with Crippen molar-refractivity contribution < 1.29 is 19.0 Å². The van der Waals surface area contributed by atoms with Crippen LogP contribution in [0.3, 0.4) is 0 Å². The highest BCUT2D eigenvalue weighted by atomic mass is 19.1. The molecule has 0 aromatic heterocycles. The molecule has 6 heteroatoms. The number of aliphatic hydroxyl groups excluding tert-OH is 1. The SMILES string of the molecule is COC(CNC(=O)NCC(O)CC(C)C)c1ccc(F)cc1. The zero-order chi connectivity index (χ0) is 16.5. The minimum atomic E-state index is -0.555. The molecule has 5 nitrogen and oxygen atoms in total. The van der Waals surface area contributed by atoms with E-state index >= 15 is 0 Å². The molecule has 0 saturated carbocycles. The maximum absolute atomic E-state index is 12.9. The lowest BCUT2D eigenvalue weighted by Crippen LogP contribution is -2.41. The average Bonchev–Trinajstić information content (AvgIpc) is 2.46. The zero-order valence-electron chi connectivity index (χ0n) is 13.3. The first-order valence-corrected chi connectivity index (χ1v) is 7.40. The van der Waals surface area contributed by atoms with Crippen molar-refractivity contribution in [3.05, 3.63) is 35.6 Å². The maximum Gasteiger partial charge on any atom is 0.314 e. The first-order chi connectivity index (χ1) is 10.4. The highest BCUT2D eigenvalue weighted by Gasteiger charge is 2.13. The number of benzene rings is 1. The molecule has 0 bridgehead atoms. The van der Waals surface area contributed by atoms with E-state index < -0.39 is 6.10 Å². The molecule has 2 unspecified atom stereocenters. The lowest BCUT2D eigenvalue weighted by atomic mass is 10.1. The van der Waals surface area contributed by atoms with E-state index in [0.717, 1.165) is 5.56 Å². The molecule has 124 valence electrons. The topological polar surface area (TPSA) is 70.6 Å². The summed E-state index contributed by atoms with van der Waals surface area (Å²) >= 11 is 0. The largest absolute Gasteiger partial charge is 0.391 e. The number of hydrogen-bond donors (Lipinski definition) is 3. The predicted molar refractivity (Wildman–Crippen MR) is 83.0 cm³/mol. The van der Waals surface area contributed by atoms with Crippen molar-refractivity contribution in [1.29, 1.82) is 0 Å². The Morgan fingerprint density at radius 2 is 1.82 bits per heavy atom. The van der Waals surface area contributed by atoms with Crippen LogP contribution in [0.15, 0.2) is 24.3 Å². The molecule has 0 spiro atoms. The number of carbonyl (C=O) groups excluding carboxylic acids is 1. The number of ether oxygens (including phenoxy) is 1. The summed E-state index contributed by atoms with van der Waals surface area (Å²) < 4.78 is 18.2. The molecule has 3 N–H and O–H groups in total. The Hall–Kier alpha value is -1.66. The molecule has 0 aliphatic heterocycles. The number of urea groups is 1. The van der Waals surface area contributed by atoms with E-state index in [2.05, 4.69) is 10.6 Å². The number of hydrogen-bond acceptors (Lipinski definition) is 3. The molecular formula is C16H25FN2O3.